The predicted octanol–water partition coefficient (Wildman–Crippen LogP) is 1.93. The number of H-pyrrole nitrogens is 1. The number of ether oxygens (including phenoxy) is 1. The van der Waals surface area contributed by atoms with E-state index >= 15 is 0 Å². The maximum atomic E-state index is 12.8. The van der Waals surface area contributed by atoms with Crippen molar-refractivity contribution >= 4 is 21.8 Å². The van der Waals surface area contributed by atoms with Gasteiger partial charge in [0.05, 0.1) is 17.5 Å². The largest absolute Gasteiger partial charge is 0.494 e. The van der Waals surface area contributed by atoms with Crippen molar-refractivity contribution in [2.75, 3.05) is 13.2 Å². The summed E-state index contributed by atoms with van der Waals surface area (Å²) in [4.78, 5) is 12.8. The van der Waals surface area contributed by atoms with Crippen LogP contribution in [0.25, 0.3) is 21.8 Å². The molecule has 1 aromatic carbocycles. The van der Waals surface area contributed by atoms with Crippen molar-refractivity contribution in [2.24, 2.45) is 5.73 Å². The summed E-state index contributed by atoms with van der Waals surface area (Å²) in [7, 11) is 0. The Balaban J connectivity index is 2.37. The van der Waals surface area contributed by atoms with Gasteiger partial charge in [0.1, 0.15) is 11.3 Å². The van der Waals surface area contributed by atoms with Gasteiger partial charge in [-0.2, -0.15) is 5.10 Å². The standard InChI is InChI=1S/C16H20N4O2/c1-3-22-11-5-6-13-12(9-11)15-14(10(2)18-19-15)16(21)20(13)8-4-7-17/h5-6,9H,3-4,7-8,17H2,1-2H3,(H,18,19). The fourth-order valence-electron chi connectivity index (χ4n) is 2.80. The third kappa shape index (κ3) is 2.25. The van der Waals surface area contributed by atoms with Gasteiger partial charge in [-0.3, -0.25) is 9.89 Å². The summed E-state index contributed by atoms with van der Waals surface area (Å²) in [6.07, 6.45) is 0.755. The number of rotatable bonds is 5. The molecule has 0 aliphatic carbocycles. The summed E-state index contributed by atoms with van der Waals surface area (Å²) in [6, 6.07) is 5.75. The van der Waals surface area contributed by atoms with Gasteiger partial charge in [-0.15, -0.1) is 0 Å². The van der Waals surface area contributed by atoms with Crippen LogP contribution in [0.5, 0.6) is 5.75 Å². The van der Waals surface area contributed by atoms with Crippen molar-refractivity contribution in [1.29, 1.82) is 0 Å². The van der Waals surface area contributed by atoms with Gasteiger partial charge >= 0.3 is 0 Å². The molecule has 0 atom stereocenters. The maximum absolute atomic E-state index is 12.8. The van der Waals surface area contributed by atoms with Crippen molar-refractivity contribution < 1.29 is 4.74 Å². The Kier molecular flexibility index (Phi) is 3.85. The summed E-state index contributed by atoms with van der Waals surface area (Å²) in [5, 5.41) is 8.78. The number of aromatic amines is 1. The molecule has 2 aromatic heterocycles. The third-order valence-electron chi connectivity index (χ3n) is 3.82. The molecule has 0 saturated heterocycles. The first-order valence-corrected chi connectivity index (χ1v) is 7.51. The molecule has 6 nitrogen and oxygen atoms in total. The Morgan fingerprint density at radius 3 is 2.95 bits per heavy atom. The summed E-state index contributed by atoms with van der Waals surface area (Å²) in [5.74, 6) is 0.779. The number of aryl methyl sites for hydroxylation is 2. The zero-order valence-electron chi connectivity index (χ0n) is 12.8. The van der Waals surface area contributed by atoms with Crippen LogP contribution in [0.1, 0.15) is 19.0 Å². The monoisotopic (exact) mass is 300 g/mol. The van der Waals surface area contributed by atoms with E-state index < -0.39 is 0 Å². The summed E-state index contributed by atoms with van der Waals surface area (Å²) in [6.45, 7) is 5.55. The van der Waals surface area contributed by atoms with Crippen LogP contribution in [0.2, 0.25) is 0 Å². The molecule has 0 saturated carbocycles. The van der Waals surface area contributed by atoms with Gasteiger partial charge in [-0.05, 0) is 45.0 Å². The second-order valence-electron chi connectivity index (χ2n) is 5.28. The van der Waals surface area contributed by atoms with Gasteiger partial charge in [-0.25, -0.2) is 0 Å². The summed E-state index contributed by atoms with van der Waals surface area (Å²) < 4.78 is 7.36. The Hall–Kier alpha value is -2.34. The minimum absolute atomic E-state index is 0.0219. The lowest BCUT2D eigenvalue weighted by atomic mass is 10.1. The van der Waals surface area contributed by atoms with E-state index in [9.17, 15) is 4.79 Å². The number of benzene rings is 1. The number of nitrogens with zero attached hydrogens (tertiary/aromatic N) is 2. The van der Waals surface area contributed by atoms with E-state index in [-0.39, 0.29) is 5.56 Å². The highest BCUT2D eigenvalue weighted by Crippen LogP contribution is 2.26. The molecule has 0 spiro atoms. The number of pyridine rings is 1. The first-order valence-electron chi connectivity index (χ1n) is 7.51. The zero-order chi connectivity index (χ0) is 15.7. The van der Waals surface area contributed by atoms with E-state index in [1.54, 1.807) is 4.57 Å². The molecule has 0 bridgehead atoms. The van der Waals surface area contributed by atoms with Crippen LogP contribution in [0.4, 0.5) is 0 Å². The van der Waals surface area contributed by atoms with E-state index in [4.69, 9.17) is 10.5 Å². The molecule has 2 heterocycles. The molecule has 3 aromatic rings. The fourth-order valence-corrected chi connectivity index (χ4v) is 2.80. The van der Waals surface area contributed by atoms with E-state index in [0.29, 0.717) is 30.6 Å². The number of hydrogen-bond donors (Lipinski definition) is 2. The topological polar surface area (TPSA) is 85.9 Å². The lowest BCUT2D eigenvalue weighted by Gasteiger charge is -2.12. The van der Waals surface area contributed by atoms with Gasteiger partial charge in [0.25, 0.3) is 5.56 Å². The van der Waals surface area contributed by atoms with Gasteiger partial charge in [-0.1, -0.05) is 0 Å². The lowest BCUT2D eigenvalue weighted by Crippen LogP contribution is -2.22. The maximum Gasteiger partial charge on any atom is 0.262 e. The molecule has 0 aliphatic heterocycles. The van der Waals surface area contributed by atoms with Crippen LogP contribution >= 0.6 is 0 Å². The minimum atomic E-state index is -0.0219. The highest BCUT2D eigenvalue weighted by atomic mass is 16.5. The third-order valence-corrected chi connectivity index (χ3v) is 3.82. The fraction of sp³-hybridized carbons (Fsp3) is 0.375. The highest BCUT2D eigenvalue weighted by Gasteiger charge is 2.15. The molecule has 0 fully saturated rings. The van der Waals surface area contributed by atoms with Crippen molar-refractivity contribution in [3.8, 4) is 5.75 Å². The summed E-state index contributed by atoms with van der Waals surface area (Å²) in [5.41, 5.74) is 7.92. The average molecular weight is 300 g/mol. The van der Waals surface area contributed by atoms with Crippen LogP contribution < -0.4 is 16.0 Å². The Morgan fingerprint density at radius 2 is 2.23 bits per heavy atom. The highest BCUT2D eigenvalue weighted by molar-refractivity contribution is 6.04. The molecule has 0 radical (unpaired) electrons. The Morgan fingerprint density at radius 1 is 1.41 bits per heavy atom. The smallest absolute Gasteiger partial charge is 0.262 e. The molecular weight excluding hydrogens is 280 g/mol. The number of aromatic nitrogens is 3. The molecular formula is C16H20N4O2. The number of fused-ring (bicyclic) bond motifs is 3. The van der Waals surface area contributed by atoms with Crippen molar-refractivity contribution in [3.05, 3.63) is 34.2 Å². The molecule has 6 heteroatoms. The normalized spacial score (nSPS) is 11.4. The van der Waals surface area contributed by atoms with Crippen LogP contribution in [-0.4, -0.2) is 27.9 Å². The van der Waals surface area contributed by atoms with E-state index in [2.05, 4.69) is 10.2 Å². The number of nitrogens with one attached hydrogen (secondary N) is 1. The first-order chi connectivity index (χ1) is 10.7. The average Bonchev–Trinajstić information content (AvgIpc) is 2.90. The zero-order valence-corrected chi connectivity index (χ0v) is 12.8. The molecule has 0 amide bonds. The van der Waals surface area contributed by atoms with Gasteiger partial charge < -0.3 is 15.0 Å². The molecule has 0 unspecified atom stereocenters. The van der Waals surface area contributed by atoms with Crippen molar-refractivity contribution in [1.82, 2.24) is 14.8 Å². The minimum Gasteiger partial charge on any atom is -0.494 e. The van der Waals surface area contributed by atoms with Crippen LogP contribution in [0.3, 0.4) is 0 Å². The lowest BCUT2D eigenvalue weighted by molar-refractivity contribution is 0.340. The molecule has 116 valence electrons. The second kappa shape index (κ2) is 5.81. The quantitative estimate of drug-likeness (QED) is 0.754. The van der Waals surface area contributed by atoms with E-state index in [1.807, 2.05) is 32.0 Å². The first kappa shape index (κ1) is 14.6. The van der Waals surface area contributed by atoms with Gasteiger partial charge in [0.2, 0.25) is 0 Å². The Labute approximate surface area is 127 Å². The summed E-state index contributed by atoms with van der Waals surface area (Å²) >= 11 is 0. The molecule has 3 rings (SSSR count). The number of nitrogens with two attached hydrogens (primary N) is 1. The Bertz CT molecular complexity index is 879. The SMILES string of the molecule is CCOc1ccc2c(c1)c1n[nH]c(C)c1c(=O)n2CCCN. The van der Waals surface area contributed by atoms with Gasteiger partial charge in [0, 0.05) is 17.6 Å². The van der Waals surface area contributed by atoms with Crippen molar-refractivity contribution in [3.63, 3.8) is 0 Å². The van der Waals surface area contributed by atoms with Crippen LogP contribution in [-0.2, 0) is 6.54 Å². The van der Waals surface area contributed by atoms with Crippen LogP contribution in [0.15, 0.2) is 23.0 Å². The molecule has 0 aliphatic rings. The van der Waals surface area contributed by atoms with Gasteiger partial charge in [0.15, 0.2) is 0 Å². The number of hydrogen-bond acceptors (Lipinski definition) is 4. The van der Waals surface area contributed by atoms with Crippen LogP contribution in [0, 0.1) is 6.92 Å². The second-order valence-corrected chi connectivity index (χ2v) is 5.28. The van der Waals surface area contributed by atoms with E-state index in [0.717, 1.165) is 28.8 Å². The van der Waals surface area contributed by atoms with E-state index in [1.165, 1.54) is 0 Å². The predicted molar refractivity (Wildman–Crippen MR) is 87.4 cm³/mol. The van der Waals surface area contributed by atoms with Crippen molar-refractivity contribution in [2.45, 2.75) is 26.8 Å². The molecule has 22 heavy (non-hydrogen) atoms. The molecule has 3 N–H and O–H groups in total.